The average molecular weight is 281 g/mol. The zero-order valence-corrected chi connectivity index (χ0v) is 12.1. The van der Waals surface area contributed by atoms with Crippen LogP contribution in [0.5, 0.6) is 0 Å². The average Bonchev–Trinajstić information content (AvgIpc) is 2.92. The molecule has 21 heavy (non-hydrogen) atoms. The highest BCUT2D eigenvalue weighted by Gasteiger charge is 2.25. The van der Waals surface area contributed by atoms with Crippen molar-refractivity contribution >= 4 is 5.97 Å². The van der Waals surface area contributed by atoms with Gasteiger partial charge in [-0.1, -0.05) is 36.4 Å². The van der Waals surface area contributed by atoms with Gasteiger partial charge in [-0.25, -0.2) is 4.79 Å². The number of rotatable bonds is 4. The van der Waals surface area contributed by atoms with E-state index >= 15 is 0 Å². The third-order valence-corrected chi connectivity index (χ3v) is 4.27. The lowest BCUT2D eigenvalue weighted by molar-refractivity contribution is 0.0697. The van der Waals surface area contributed by atoms with Crippen molar-refractivity contribution in [1.82, 2.24) is 4.90 Å². The van der Waals surface area contributed by atoms with Crippen LogP contribution in [-0.2, 0) is 13.0 Å². The molecule has 0 fully saturated rings. The van der Waals surface area contributed by atoms with E-state index in [0.717, 1.165) is 24.9 Å². The Morgan fingerprint density at radius 2 is 1.90 bits per heavy atom. The Hall–Kier alpha value is -2.13. The van der Waals surface area contributed by atoms with E-state index in [1.165, 1.54) is 11.1 Å². The normalized spacial score (nSPS) is 17.0. The maximum atomic E-state index is 10.9. The van der Waals surface area contributed by atoms with E-state index in [9.17, 15) is 4.79 Å². The molecule has 0 amide bonds. The number of hydrogen-bond donors (Lipinski definition) is 1. The van der Waals surface area contributed by atoms with Crippen LogP contribution in [0.2, 0.25) is 0 Å². The third kappa shape index (κ3) is 2.83. The van der Waals surface area contributed by atoms with E-state index in [2.05, 4.69) is 36.2 Å². The Kier molecular flexibility index (Phi) is 3.76. The summed E-state index contributed by atoms with van der Waals surface area (Å²) in [5.41, 5.74) is 4.37. The molecule has 0 saturated heterocycles. The van der Waals surface area contributed by atoms with Crippen LogP contribution in [0.3, 0.4) is 0 Å². The van der Waals surface area contributed by atoms with Crippen molar-refractivity contribution in [2.45, 2.75) is 25.4 Å². The van der Waals surface area contributed by atoms with Crippen LogP contribution >= 0.6 is 0 Å². The molecular weight excluding hydrogens is 262 g/mol. The van der Waals surface area contributed by atoms with Crippen LogP contribution < -0.4 is 0 Å². The van der Waals surface area contributed by atoms with E-state index < -0.39 is 5.97 Å². The number of carbonyl (C=O) groups is 1. The van der Waals surface area contributed by atoms with Gasteiger partial charge in [0.15, 0.2) is 0 Å². The first-order valence-electron chi connectivity index (χ1n) is 7.25. The van der Waals surface area contributed by atoms with Crippen LogP contribution in [0.4, 0.5) is 0 Å². The Labute approximate surface area is 124 Å². The Balaban J connectivity index is 1.72. The molecule has 1 atom stereocenters. The Bertz CT molecular complexity index is 649. The molecule has 3 rings (SSSR count). The summed E-state index contributed by atoms with van der Waals surface area (Å²) in [7, 11) is 2.14. The highest BCUT2D eigenvalue weighted by molar-refractivity contribution is 5.87. The van der Waals surface area contributed by atoms with Crippen molar-refractivity contribution in [3.63, 3.8) is 0 Å². The van der Waals surface area contributed by atoms with Crippen molar-refractivity contribution < 1.29 is 9.90 Å². The standard InChI is InChI=1S/C18H19NO2/c1-19(12-13-6-8-15(9-7-13)18(20)21)17-11-10-14-4-2-3-5-16(14)17/h2-9,17H,10-12H2,1H3,(H,20,21). The number of carboxylic acids is 1. The summed E-state index contributed by atoms with van der Waals surface area (Å²) in [6, 6.07) is 16.3. The molecule has 2 aromatic carbocycles. The first-order chi connectivity index (χ1) is 10.1. The zero-order valence-electron chi connectivity index (χ0n) is 12.1. The summed E-state index contributed by atoms with van der Waals surface area (Å²) < 4.78 is 0. The van der Waals surface area contributed by atoms with Gasteiger partial charge >= 0.3 is 5.97 Å². The van der Waals surface area contributed by atoms with Crippen molar-refractivity contribution in [3.05, 3.63) is 70.8 Å². The van der Waals surface area contributed by atoms with Gasteiger partial charge < -0.3 is 5.11 Å². The van der Waals surface area contributed by atoms with Crippen LogP contribution in [0.15, 0.2) is 48.5 Å². The van der Waals surface area contributed by atoms with E-state index in [0.29, 0.717) is 11.6 Å². The highest BCUT2D eigenvalue weighted by atomic mass is 16.4. The molecule has 1 aliphatic rings. The smallest absolute Gasteiger partial charge is 0.335 e. The monoisotopic (exact) mass is 281 g/mol. The predicted octanol–water partition coefficient (Wildman–Crippen LogP) is 3.50. The number of hydrogen-bond acceptors (Lipinski definition) is 2. The molecule has 3 heteroatoms. The maximum absolute atomic E-state index is 10.9. The quantitative estimate of drug-likeness (QED) is 0.932. The summed E-state index contributed by atoms with van der Waals surface area (Å²) in [6.45, 7) is 0.832. The molecule has 0 aliphatic heterocycles. The van der Waals surface area contributed by atoms with Crippen LogP contribution in [0, 0.1) is 0 Å². The van der Waals surface area contributed by atoms with Gasteiger partial charge in [0, 0.05) is 12.6 Å². The van der Waals surface area contributed by atoms with Gasteiger partial charge in [-0.15, -0.1) is 0 Å². The molecule has 0 radical (unpaired) electrons. The van der Waals surface area contributed by atoms with Gasteiger partial charge in [-0.2, -0.15) is 0 Å². The van der Waals surface area contributed by atoms with Crippen molar-refractivity contribution in [1.29, 1.82) is 0 Å². The highest BCUT2D eigenvalue weighted by Crippen LogP contribution is 2.35. The number of nitrogens with zero attached hydrogens (tertiary/aromatic N) is 1. The Morgan fingerprint density at radius 3 is 2.62 bits per heavy atom. The van der Waals surface area contributed by atoms with E-state index in [4.69, 9.17) is 5.11 Å². The molecule has 3 nitrogen and oxygen atoms in total. The molecule has 2 aromatic rings. The van der Waals surface area contributed by atoms with E-state index in [1.54, 1.807) is 12.1 Å². The molecular formula is C18H19NO2. The Morgan fingerprint density at radius 1 is 1.19 bits per heavy atom. The van der Waals surface area contributed by atoms with Gasteiger partial charge in [0.2, 0.25) is 0 Å². The summed E-state index contributed by atoms with van der Waals surface area (Å²) in [5.74, 6) is -0.875. The minimum absolute atomic E-state index is 0.340. The summed E-state index contributed by atoms with van der Waals surface area (Å²) >= 11 is 0. The number of aromatic carboxylic acids is 1. The number of fused-ring (bicyclic) bond motifs is 1. The topological polar surface area (TPSA) is 40.5 Å². The molecule has 0 spiro atoms. The zero-order chi connectivity index (χ0) is 14.8. The van der Waals surface area contributed by atoms with E-state index in [-0.39, 0.29) is 0 Å². The van der Waals surface area contributed by atoms with Crippen LogP contribution in [0.1, 0.15) is 39.5 Å². The summed E-state index contributed by atoms with van der Waals surface area (Å²) in [6.07, 6.45) is 2.30. The van der Waals surface area contributed by atoms with Gasteiger partial charge in [0.25, 0.3) is 0 Å². The number of carboxylic acid groups (broad SMARTS) is 1. The molecule has 0 aromatic heterocycles. The molecule has 108 valence electrons. The van der Waals surface area contributed by atoms with Gasteiger partial charge in [-0.05, 0) is 48.7 Å². The predicted molar refractivity (Wildman–Crippen MR) is 82.4 cm³/mol. The molecule has 1 N–H and O–H groups in total. The van der Waals surface area contributed by atoms with Crippen molar-refractivity contribution in [2.24, 2.45) is 0 Å². The fourth-order valence-corrected chi connectivity index (χ4v) is 3.14. The fourth-order valence-electron chi connectivity index (χ4n) is 3.14. The second-order valence-corrected chi connectivity index (χ2v) is 5.67. The minimum Gasteiger partial charge on any atom is -0.478 e. The first kappa shape index (κ1) is 13.8. The second-order valence-electron chi connectivity index (χ2n) is 5.67. The SMILES string of the molecule is CN(Cc1ccc(C(=O)O)cc1)C1CCc2ccccc21. The van der Waals surface area contributed by atoms with E-state index in [1.807, 2.05) is 12.1 Å². The molecule has 0 heterocycles. The summed E-state index contributed by atoms with van der Waals surface area (Å²) in [4.78, 5) is 13.2. The second kappa shape index (κ2) is 5.70. The van der Waals surface area contributed by atoms with Crippen molar-refractivity contribution in [3.8, 4) is 0 Å². The largest absolute Gasteiger partial charge is 0.478 e. The lowest BCUT2D eigenvalue weighted by Crippen LogP contribution is -2.22. The minimum atomic E-state index is -0.875. The number of aryl methyl sites for hydroxylation is 1. The van der Waals surface area contributed by atoms with Crippen molar-refractivity contribution in [2.75, 3.05) is 7.05 Å². The van der Waals surface area contributed by atoms with Gasteiger partial charge in [0.05, 0.1) is 5.56 Å². The maximum Gasteiger partial charge on any atom is 0.335 e. The molecule has 0 saturated carbocycles. The molecule has 1 unspecified atom stereocenters. The fraction of sp³-hybridized carbons (Fsp3) is 0.278. The molecule has 1 aliphatic carbocycles. The lowest BCUT2D eigenvalue weighted by atomic mass is 10.1. The van der Waals surface area contributed by atoms with Crippen LogP contribution in [-0.4, -0.2) is 23.0 Å². The van der Waals surface area contributed by atoms with Crippen LogP contribution in [0.25, 0.3) is 0 Å². The first-order valence-corrected chi connectivity index (χ1v) is 7.25. The van der Waals surface area contributed by atoms with Gasteiger partial charge in [0.1, 0.15) is 0 Å². The lowest BCUT2D eigenvalue weighted by Gasteiger charge is -2.25. The molecule has 0 bridgehead atoms. The third-order valence-electron chi connectivity index (χ3n) is 4.27. The number of benzene rings is 2. The van der Waals surface area contributed by atoms with Gasteiger partial charge in [-0.3, -0.25) is 4.90 Å². The summed E-state index contributed by atoms with van der Waals surface area (Å²) in [5, 5.41) is 8.93.